The van der Waals surface area contributed by atoms with Crippen molar-refractivity contribution in [1.29, 1.82) is 10.5 Å². The number of fused-ring (bicyclic) bond motifs is 6. The molecule has 0 aliphatic carbocycles. The van der Waals surface area contributed by atoms with Crippen LogP contribution in [0.1, 0.15) is 11.1 Å². The first-order valence-corrected chi connectivity index (χ1v) is 14.5. The van der Waals surface area contributed by atoms with Crippen LogP contribution in [0.15, 0.2) is 126 Å². The van der Waals surface area contributed by atoms with E-state index in [1.165, 1.54) is 15.5 Å². The molecule has 4 heteroatoms. The minimum atomic E-state index is 0.458. The Kier molecular flexibility index (Phi) is 5.44. The number of nitriles is 2. The molecule has 42 heavy (non-hydrogen) atoms. The first-order valence-electron chi connectivity index (χ1n) is 13.6. The van der Waals surface area contributed by atoms with Crippen molar-refractivity contribution in [3.63, 3.8) is 0 Å². The standard InChI is InChI=1S/C38H20N2OS/c39-21-32-30(23-9-2-1-3-10-23)20-31(29-14-8-13-28-25-11-4-6-15-34(25)41-38(28)29)33(22-40)37(32)24-17-18-27-26-12-5-7-16-35(26)42-36(27)19-24/h1-20H. The lowest BCUT2D eigenvalue weighted by Gasteiger charge is -2.17. The highest BCUT2D eigenvalue weighted by Gasteiger charge is 2.24. The average molecular weight is 553 g/mol. The molecule has 0 saturated carbocycles. The molecule has 0 N–H and O–H groups in total. The van der Waals surface area contributed by atoms with E-state index in [0.717, 1.165) is 54.5 Å². The predicted molar refractivity (Wildman–Crippen MR) is 172 cm³/mol. The van der Waals surface area contributed by atoms with Crippen LogP contribution in [0.5, 0.6) is 0 Å². The molecule has 0 saturated heterocycles. The van der Waals surface area contributed by atoms with Crippen LogP contribution >= 0.6 is 11.3 Å². The second kappa shape index (κ2) is 9.46. The molecular weight excluding hydrogens is 532 g/mol. The molecule has 0 amide bonds. The Labute approximate surface area is 245 Å². The summed E-state index contributed by atoms with van der Waals surface area (Å²) in [7, 11) is 0. The molecule has 8 rings (SSSR count). The van der Waals surface area contributed by atoms with E-state index in [0.29, 0.717) is 16.7 Å². The summed E-state index contributed by atoms with van der Waals surface area (Å²) in [5.74, 6) is 0. The fourth-order valence-corrected chi connectivity index (χ4v) is 7.25. The molecule has 6 aromatic carbocycles. The third-order valence-corrected chi connectivity index (χ3v) is 9.13. The highest BCUT2D eigenvalue weighted by Crippen LogP contribution is 2.45. The minimum absolute atomic E-state index is 0.458. The van der Waals surface area contributed by atoms with E-state index in [2.05, 4.69) is 60.7 Å². The average Bonchev–Trinajstić information content (AvgIpc) is 3.62. The summed E-state index contributed by atoms with van der Waals surface area (Å²) in [4.78, 5) is 0. The quantitative estimate of drug-likeness (QED) is 0.219. The van der Waals surface area contributed by atoms with Crippen molar-refractivity contribution in [2.75, 3.05) is 0 Å². The van der Waals surface area contributed by atoms with Crippen LogP contribution < -0.4 is 0 Å². The molecular formula is C38H20N2OS. The number of rotatable bonds is 3. The first-order chi connectivity index (χ1) is 20.7. The van der Waals surface area contributed by atoms with Crippen molar-refractivity contribution >= 4 is 53.4 Å². The van der Waals surface area contributed by atoms with Crippen LogP contribution in [0.2, 0.25) is 0 Å². The molecule has 2 heterocycles. The smallest absolute Gasteiger partial charge is 0.143 e. The second-order valence-corrected chi connectivity index (χ2v) is 11.4. The molecule has 8 aromatic rings. The van der Waals surface area contributed by atoms with E-state index in [1.807, 2.05) is 72.8 Å². The maximum absolute atomic E-state index is 10.8. The number of nitrogens with zero attached hydrogens (tertiary/aromatic N) is 2. The van der Waals surface area contributed by atoms with E-state index in [-0.39, 0.29) is 0 Å². The van der Waals surface area contributed by atoms with Crippen molar-refractivity contribution in [2.45, 2.75) is 0 Å². The Hall–Kier alpha value is -5.68. The minimum Gasteiger partial charge on any atom is -0.455 e. The van der Waals surface area contributed by atoms with Gasteiger partial charge >= 0.3 is 0 Å². The van der Waals surface area contributed by atoms with Crippen LogP contribution in [-0.4, -0.2) is 0 Å². The summed E-state index contributed by atoms with van der Waals surface area (Å²) in [6.45, 7) is 0. The van der Waals surface area contributed by atoms with Crippen molar-refractivity contribution in [2.24, 2.45) is 0 Å². The summed E-state index contributed by atoms with van der Waals surface area (Å²) in [6, 6.07) is 45.5. The molecule has 0 fully saturated rings. The van der Waals surface area contributed by atoms with Crippen LogP contribution in [0, 0.1) is 22.7 Å². The van der Waals surface area contributed by atoms with Gasteiger partial charge in [0.2, 0.25) is 0 Å². The van der Waals surface area contributed by atoms with Gasteiger partial charge in [0.15, 0.2) is 0 Å². The molecule has 0 aliphatic rings. The summed E-state index contributed by atoms with van der Waals surface area (Å²) in [5.41, 5.74) is 7.22. The molecule has 0 spiro atoms. The van der Waals surface area contributed by atoms with Crippen molar-refractivity contribution in [1.82, 2.24) is 0 Å². The van der Waals surface area contributed by atoms with Gasteiger partial charge in [-0.1, -0.05) is 97.1 Å². The number of para-hydroxylation sites is 2. The summed E-state index contributed by atoms with van der Waals surface area (Å²) in [5, 5.41) is 25.8. The van der Waals surface area contributed by atoms with Crippen LogP contribution in [-0.2, 0) is 0 Å². The van der Waals surface area contributed by atoms with Crippen LogP contribution in [0.4, 0.5) is 0 Å². The number of furan rings is 1. The van der Waals surface area contributed by atoms with E-state index >= 15 is 0 Å². The van der Waals surface area contributed by atoms with Crippen molar-refractivity contribution < 1.29 is 4.42 Å². The zero-order valence-electron chi connectivity index (χ0n) is 22.3. The van der Waals surface area contributed by atoms with E-state index in [4.69, 9.17) is 4.42 Å². The van der Waals surface area contributed by atoms with Gasteiger partial charge in [-0.15, -0.1) is 11.3 Å². The summed E-state index contributed by atoms with van der Waals surface area (Å²) < 4.78 is 8.73. The van der Waals surface area contributed by atoms with Gasteiger partial charge in [-0.2, -0.15) is 10.5 Å². The first kappa shape index (κ1) is 24.1. The van der Waals surface area contributed by atoms with Gasteiger partial charge in [0, 0.05) is 53.2 Å². The third kappa shape index (κ3) is 3.57. The van der Waals surface area contributed by atoms with Gasteiger partial charge in [-0.05, 0) is 35.4 Å². The van der Waals surface area contributed by atoms with Gasteiger partial charge < -0.3 is 4.42 Å². The molecule has 194 valence electrons. The summed E-state index contributed by atoms with van der Waals surface area (Å²) >= 11 is 1.72. The zero-order chi connectivity index (χ0) is 28.2. The van der Waals surface area contributed by atoms with Gasteiger partial charge in [-0.25, -0.2) is 0 Å². The Bertz CT molecular complexity index is 2430. The number of hydrogen-bond acceptors (Lipinski definition) is 4. The SMILES string of the molecule is N#Cc1c(-c2ccccc2)cc(-c2cccc3c2oc2ccccc23)c(C#N)c1-c1ccc2c(c1)sc1ccccc12. The lowest BCUT2D eigenvalue weighted by atomic mass is 9.83. The van der Waals surface area contributed by atoms with E-state index in [9.17, 15) is 10.5 Å². The largest absolute Gasteiger partial charge is 0.455 e. The summed E-state index contributed by atoms with van der Waals surface area (Å²) in [6.07, 6.45) is 0. The highest BCUT2D eigenvalue weighted by atomic mass is 32.1. The van der Waals surface area contributed by atoms with Crippen LogP contribution in [0.3, 0.4) is 0 Å². The monoisotopic (exact) mass is 552 g/mol. The van der Waals surface area contributed by atoms with E-state index < -0.39 is 0 Å². The molecule has 0 aliphatic heterocycles. The lowest BCUT2D eigenvalue weighted by molar-refractivity contribution is 0.670. The van der Waals surface area contributed by atoms with Crippen molar-refractivity contribution in [3.05, 3.63) is 132 Å². The Balaban J connectivity index is 1.49. The molecule has 0 atom stereocenters. The molecule has 0 bridgehead atoms. The Morgan fingerprint density at radius 3 is 2.02 bits per heavy atom. The molecule has 3 nitrogen and oxygen atoms in total. The zero-order valence-corrected chi connectivity index (χ0v) is 23.1. The van der Waals surface area contributed by atoms with Gasteiger partial charge in [-0.3, -0.25) is 0 Å². The fourth-order valence-electron chi connectivity index (χ4n) is 6.10. The van der Waals surface area contributed by atoms with Gasteiger partial charge in [0.25, 0.3) is 0 Å². The Morgan fingerprint density at radius 2 is 1.19 bits per heavy atom. The van der Waals surface area contributed by atoms with Crippen LogP contribution in [0.25, 0.3) is 75.5 Å². The molecule has 0 unspecified atom stereocenters. The number of benzene rings is 6. The van der Waals surface area contributed by atoms with Gasteiger partial charge in [0.05, 0.1) is 11.1 Å². The normalized spacial score (nSPS) is 11.3. The third-order valence-electron chi connectivity index (χ3n) is 8.00. The van der Waals surface area contributed by atoms with E-state index in [1.54, 1.807) is 11.3 Å². The molecule has 2 aromatic heterocycles. The number of hydrogen-bond donors (Lipinski definition) is 0. The Morgan fingerprint density at radius 1 is 0.500 bits per heavy atom. The molecule has 0 radical (unpaired) electrons. The van der Waals surface area contributed by atoms with Gasteiger partial charge in [0.1, 0.15) is 23.3 Å². The second-order valence-electron chi connectivity index (χ2n) is 10.3. The maximum Gasteiger partial charge on any atom is 0.143 e. The highest BCUT2D eigenvalue weighted by molar-refractivity contribution is 7.25. The predicted octanol–water partition coefficient (Wildman–Crippen LogP) is 10.7. The number of thiophene rings is 1. The van der Waals surface area contributed by atoms with Crippen molar-refractivity contribution in [3.8, 4) is 45.5 Å². The maximum atomic E-state index is 10.8. The lowest BCUT2D eigenvalue weighted by Crippen LogP contribution is -1.98. The topological polar surface area (TPSA) is 60.7 Å². The fraction of sp³-hybridized carbons (Fsp3) is 0.